The molecule has 0 saturated heterocycles. The molecule has 0 heterocycles. The lowest BCUT2D eigenvalue weighted by molar-refractivity contribution is -0.140. The van der Waals surface area contributed by atoms with Crippen LogP contribution in [0.25, 0.3) is 11.1 Å². The van der Waals surface area contributed by atoms with Crippen LogP contribution >= 0.6 is 0 Å². The summed E-state index contributed by atoms with van der Waals surface area (Å²) < 4.78 is 10.4. The number of rotatable bonds is 8. The molecule has 138 valence electrons. The van der Waals surface area contributed by atoms with Crippen LogP contribution in [0, 0.1) is 0 Å². The van der Waals surface area contributed by atoms with Crippen LogP contribution in [0.1, 0.15) is 51.7 Å². The van der Waals surface area contributed by atoms with E-state index in [9.17, 15) is 9.59 Å². The van der Waals surface area contributed by atoms with E-state index in [0.29, 0.717) is 13.0 Å². The number of benzene rings is 2. The minimum atomic E-state index is -0.482. The molecule has 0 aromatic heterocycles. The van der Waals surface area contributed by atoms with Gasteiger partial charge in [0.2, 0.25) is 0 Å². The van der Waals surface area contributed by atoms with Crippen molar-refractivity contribution in [2.45, 2.75) is 46.1 Å². The molecule has 0 radical (unpaired) electrons. The number of unbranched alkanes of at least 4 members (excludes halogenated alkanes) is 1. The van der Waals surface area contributed by atoms with Crippen LogP contribution in [-0.2, 0) is 14.3 Å². The van der Waals surface area contributed by atoms with Crippen molar-refractivity contribution < 1.29 is 19.1 Å². The number of fused-ring (bicyclic) bond motifs is 1. The number of carbonyl (C=O) groups excluding carboxylic acids is 2. The predicted octanol–water partition coefficient (Wildman–Crippen LogP) is 5.12. The average molecular weight is 354 g/mol. The molecule has 1 aromatic rings. The van der Waals surface area contributed by atoms with Crippen molar-refractivity contribution in [3.05, 3.63) is 54.1 Å². The summed E-state index contributed by atoms with van der Waals surface area (Å²) in [4.78, 5) is 22.2. The fraction of sp³-hybridized carbons (Fsp3) is 0.364. The molecule has 0 fully saturated rings. The molecule has 2 aliphatic carbocycles. The van der Waals surface area contributed by atoms with Gasteiger partial charge in [0, 0.05) is 13.3 Å². The first kappa shape index (κ1) is 19.7. The van der Waals surface area contributed by atoms with Crippen molar-refractivity contribution in [1.29, 1.82) is 0 Å². The molecule has 2 aliphatic rings. The minimum absolute atomic E-state index is 0.159. The fourth-order valence-corrected chi connectivity index (χ4v) is 2.57. The number of ketones is 1. The molecule has 0 amide bonds. The highest BCUT2D eigenvalue weighted by molar-refractivity contribution is 5.86. The Morgan fingerprint density at radius 3 is 2.15 bits per heavy atom. The van der Waals surface area contributed by atoms with Gasteiger partial charge < -0.3 is 9.47 Å². The Labute approximate surface area is 155 Å². The Morgan fingerprint density at radius 2 is 1.65 bits per heavy atom. The van der Waals surface area contributed by atoms with Crippen LogP contribution in [0.3, 0.4) is 0 Å². The maximum Gasteiger partial charge on any atom is 0.302 e. The third kappa shape index (κ3) is 6.03. The van der Waals surface area contributed by atoms with Crippen LogP contribution < -0.4 is 4.74 Å². The highest BCUT2D eigenvalue weighted by Crippen LogP contribution is 2.41. The molecule has 1 aromatic carbocycles. The Hall–Kier alpha value is -2.62. The highest BCUT2D eigenvalue weighted by Gasteiger charge is 2.24. The van der Waals surface area contributed by atoms with Crippen molar-refractivity contribution in [3.63, 3.8) is 0 Å². The number of esters is 1. The second-order valence-corrected chi connectivity index (χ2v) is 6.15. The Balaban J connectivity index is 0.000000352. The topological polar surface area (TPSA) is 52.6 Å². The fourth-order valence-electron chi connectivity index (χ4n) is 2.57. The van der Waals surface area contributed by atoms with E-state index in [2.05, 4.69) is 17.7 Å². The lowest BCUT2D eigenvalue weighted by atomic mass is 10.0. The number of hydrogen-bond acceptors (Lipinski definition) is 4. The SMILES string of the molecule is CCCCC(=O)C(Oc1cc2cc-2c1)c1ccccc1.CCOC(C)=O. The van der Waals surface area contributed by atoms with Gasteiger partial charge in [-0.15, -0.1) is 0 Å². The lowest BCUT2D eigenvalue weighted by Crippen LogP contribution is -2.18. The summed E-state index contributed by atoms with van der Waals surface area (Å²) in [6, 6.07) is 15.9. The quantitative estimate of drug-likeness (QED) is 0.527. The molecule has 0 saturated carbocycles. The summed E-state index contributed by atoms with van der Waals surface area (Å²) >= 11 is 0. The smallest absolute Gasteiger partial charge is 0.302 e. The molecule has 3 rings (SSSR count). The maximum absolute atomic E-state index is 12.4. The Morgan fingerprint density at radius 1 is 1.00 bits per heavy atom. The molecule has 4 heteroatoms. The predicted molar refractivity (Wildman–Crippen MR) is 102 cm³/mol. The first-order chi connectivity index (χ1) is 12.5. The van der Waals surface area contributed by atoms with E-state index < -0.39 is 6.10 Å². The Bertz CT molecular complexity index is 717. The van der Waals surface area contributed by atoms with E-state index in [1.54, 1.807) is 6.92 Å². The van der Waals surface area contributed by atoms with Crippen molar-refractivity contribution in [3.8, 4) is 16.9 Å². The number of hydrogen-bond donors (Lipinski definition) is 0. The molecule has 0 N–H and O–H groups in total. The summed E-state index contributed by atoms with van der Waals surface area (Å²) in [5, 5.41) is 0. The van der Waals surface area contributed by atoms with Crippen molar-refractivity contribution in [2.75, 3.05) is 6.61 Å². The second kappa shape index (κ2) is 9.76. The van der Waals surface area contributed by atoms with Gasteiger partial charge in [0.15, 0.2) is 11.9 Å². The largest absolute Gasteiger partial charge is 0.478 e. The molecular formula is C22H26O4. The summed E-state index contributed by atoms with van der Waals surface area (Å²) in [7, 11) is 0. The first-order valence-corrected chi connectivity index (χ1v) is 9.08. The van der Waals surface area contributed by atoms with Gasteiger partial charge in [0.25, 0.3) is 0 Å². The number of ether oxygens (including phenoxy) is 2. The van der Waals surface area contributed by atoms with Crippen LogP contribution in [-0.4, -0.2) is 18.4 Å². The lowest BCUT2D eigenvalue weighted by Gasteiger charge is -2.17. The normalized spacial score (nSPS) is 11.7. The molecule has 0 aliphatic heterocycles. The van der Waals surface area contributed by atoms with E-state index in [-0.39, 0.29) is 11.8 Å². The maximum atomic E-state index is 12.4. The van der Waals surface area contributed by atoms with Gasteiger partial charge in [-0.3, -0.25) is 9.59 Å². The van der Waals surface area contributed by atoms with E-state index in [1.807, 2.05) is 42.5 Å². The summed E-state index contributed by atoms with van der Waals surface area (Å²) in [6.07, 6.45) is 2.02. The first-order valence-electron chi connectivity index (χ1n) is 9.08. The number of carbonyl (C=O) groups is 2. The molecule has 4 nitrogen and oxygen atoms in total. The third-order valence-electron chi connectivity index (χ3n) is 3.93. The third-order valence-corrected chi connectivity index (χ3v) is 3.93. The van der Waals surface area contributed by atoms with E-state index in [0.717, 1.165) is 24.2 Å². The second-order valence-electron chi connectivity index (χ2n) is 6.15. The zero-order valence-corrected chi connectivity index (χ0v) is 15.7. The van der Waals surface area contributed by atoms with Crippen LogP contribution in [0.15, 0.2) is 48.5 Å². The molecule has 0 spiro atoms. The van der Waals surface area contributed by atoms with Gasteiger partial charge in [-0.2, -0.15) is 0 Å². The van der Waals surface area contributed by atoms with Gasteiger partial charge in [0.1, 0.15) is 5.75 Å². The van der Waals surface area contributed by atoms with Crippen molar-refractivity contribution in [2.24, 2.45) is 0 Å². The Kier molecular flexibility index (Phi) is 7.39. The van der Waals surface area contributed by atoms with Gasteiger partial charge in [0.05, 0.1) is 6.61 Å². The standard InChI is InChI=1S/C18H18O2.C4H8O2/c1-2-3-9-17(19)18(13-7-5-4-6-8-13)20-16-11-14-10-15(14)12-16;1-3-6-4(2)5/h4-8,10-12,18H,2-3,9H2,1H3;3H2,1-2H3. The summed E-state index contributed by atoms with van der Waals surface area (Å²) in [5.41, 5.74) is 3.39. The summed E-state index contributed by atoms with van der Waals surface area (Å²) in [6.45, 7) is 5.75. The molecule has 1 atom stereocenters. The average Bonchev–Trinajstić information content (AvgIpc) is 3.25. The summed E-state index contributed by atoms with van der Waals surface area (Å²) in [5.74, 6) is 0.751. The van der Waals surface area contributed by atoms with E-state index in [4.69, 9.17) is 4.74 Å². The van der Waals surface area contributed by atoms with E-state index >= 15 is 0 Å². The van der Waals surface area contributed by atoms with Gasteiger partial charge >= 0.3 is 5.97 Å². The molecule has 0 bridgehead atoms. The molecule has 26 heavy (non-hydrogen) atoms. The van der Waals surface area contributed by atoms with Gasteiger partial charge in [-0.05, 0) is 48.2 Å². The number of Topliss-reactive ketones (excluding diaryl/α,β-unsaturated/α-hetero) is 1. The van der Waals surface area contributed by atoms with Crippen LogP contribution in [0.4, 0.5) is 0 Å². The van der Waals surface area contributed by atoms with Crippen molar-refractivity contribution in [1.82, 2.24) is 0 Å². The van der Waals surface area contributed by atoms with Gasteiger partial charge in [-0.25, -0.2) is 0 Å². The van der Waals surface area contributed by atoms with Crippen molar-refractivity contribution >= 4 is 11.8 Å². The zero-order valence-electron chi connectivity index (χ0n) is 15.7. The van der Waals surface area contributed by atoms with Crippen LogP contribution in [0.5, 0.6) is 5.75 Å². The van der Waals surface area contributed by atoms with E-state index in [1.165, 1.54) is 18.1 Å². The molecule has 1 unspecified atom stereocenters. The highest BCUT2D eigenvalue weighted by atomic mass is 16.5. The monoisotopic (exact) mass is 354 g/mol. The van der Waals surface area contributed by atoms with Crippen LogP contribution in [0.2, 0.25) is 0 Å². The zero-order chi connectivity index (χ0) is 18.9. The minimum Gasteiger partial charge on any atom is -0.478 e. The van der Waals surface area contributed by atoms with Gasteiger partial charge in [-0.1, -0.05) is 43.7 Å². The molecular weight excluding hydrogens is 328 g/mol.